The quantitative estimate of drug-likeness (QED) is 0.582. The topological polar surface area (TPSA) is 88.8 Å². The van der Waals surface area contributed by atoms with E-state index in [4.69, 9.17) is 4.74 Å². The first-order valence-corrected chi connectivity index (χ1v) is 7.57. The van der Waals surface area contributed by atoms with Crippen LogP contribution in [0, 0.1) is 6.92 Å². The monoisotopic (exact) mass is 336 g/mol. The van der Waals surface area contributed by atoms with Crippen molar-refractivity contribution in [2.45, 2.75) is 6.92 Å². The van der Waals surface area contributed by atoms with Gasteiger partial charge in [-0.1, -0.05) is 35.9 Å². The van der Waals surface area contributed by atoms with Crippen molar-refractivity contribution >= 4 is 17.3 Å². The van der Waals surface area contributed by atoms with E-state index in [1.807, 2.05) is 25.1 Å². The Morgan fingerprint density at radius 2 is 1.72 bits per heavy atom. The molecule has 0 saturated heterocycles. The standard InChI is InChI=1S/C18H16N4O3/c1-12-8-10-13(11-9-12)19-20-15-16(18(24)25-2)21-22(17(15)23)14-6-4-3-5-7-14/h3-11,21H,1-2H3. The molecule has 1 N–H and O–H groups in total. The molecular weight excluding hydrogens is 320 g/mol. The van der Waals surface area contributed by atoms with Crippen molar-refractivity contribution in [2.24, 2.45) is 10.2 Å². The number of carbonyl (C=O) groups is 1. The van der Waals surface area contributed by atoms with Crippen LogP contribution in [0.15, 0.2) is 69.6 Å². The van der Waals surface area contributed by atoms with Crippen molar-refractivity contribution in [1.82, 2.24) is 9.78 Å². The van der Waals surface area contributed by atoms with Crippen LogP contribution in [0.2, 0.25) is 0 Å². The van der Waals surface area contributed by atoms with Crippen LogP contribution in [0.5, 0.6) is 0 Å². The summed E-state index contributed by atoms with van der Waals surface area (Å²) in [6, 6.07) is 16.2. The number of carbonyl (C=O) groups excluding carboxylic acids is 1. The molecule has 3 aromatic rings. The average molecular weight is 336 g/mol. The minimum atomic E-state index is -0.690. The van der Waals surface area contributed by atoms with Gasteiger partial charge >= 0.3 is 5.97 Å². The van der Waals surface area contributed by atoms with Crippen LogP contribution in [0.1, 0.15) is 16.1 Å². The van der Waals surface area contributed by atoms with Crippen molar-refractivity contribution in [3.63, 3.8) is 0 Å². The maximum atomic E-state index is 12.7. The van der Waals surface area contributed by atoms with E-state index in [-0.39, 0.29) is 11.4 Å². The number of hydrogen-bond donors (Lipinski definition) is 1. The number of para-hydroxylation sites is 1. The van der Waals surface area contributed by atoms with Gasteiger partial charge in [-0.25, -0.2) is 9.48 Å². The summed E-state index contributed by atoms with van der Waals surface area (Å²) >= 11 is 0. The average Bonchev–Trinajstić information content (AvgIpc) is 2.98. The molecule has 0 aliphatic carbocycles. The molecule has 0 aliphatic rings. The normalized spacial score (nSPS) is 11.0. The van der Waals surface area contributed by atoms with Gasteiger partial charge in [0.25, 0.3) is 5.56 Å². The largest absolute Gasteiger partial charge is 0.464 e. The molecule has 0 amide bonds. The number of aromatic amines is 1. The van der Waals surface area contributed by atoms with Gasteiger partial charge in [0.2, 0.25) is 0 Å². The maximum absolute atomic E-state index is 12.7. The van der Waals surface area contributed by atoms with Crippen molar-refractivity contribution in [3.05, 3.63) is 76.2 Å². The Balaban J connectivity index is 2.08. The second-order valence-electron chi connectivity index (χ2n) is 5.34. The lowest BCUT2D eigenvalue weighted by molar-refractivity contribution is 0.0594. The summed E-state index contributed by atoms with van der Waals surface area (Å²) in [7, 11) is 1.24. The number of benzene rings is 2. The molecule has 7 nitrogen and oxygen atoms in total. The first-order valence-electron chi connectivity index (χ1n) is 7.57. The third kappa shape index (κ3) is 3.40. The predicted octanol–water partition coefficient (Wildman–Crippen LogP) is 3.68. The van der Waals surface area contributed by atoms with E-state index in [1.165, 1.54) is 11.8 Å². The van der Waals surface area contributed by atoms with Crippen LogP contribution in [0.3, 0.4) is 0 Å². The fourth-order valence-corrected chi connectivity index (χ4v) is 2.24. The summed E-state index contributed by atoms with van der Waals surface area (Å²) in [5.41, 5.74) is 1.61. The first kappa shape index (κ1) is 16.4. The Morgan fingerprint density at radius 1 is 1.04 bits per heavy atom. The first-order chi connectivity index (χ1) is 12.1. The highest BCUT2D eigenvalue weighted by molar-refractivity contribution is 5.92. The van der Waals surface area contributed by atoms with Crippen LogP contribution in [-0.4, -0.2) is 22.9 Å². The molecule has 3 rings (SSSR count). The van der Waals surface area contributed by atoms with Crippen molar-refractivity contribution < 1.29 is 9.53 Å². The zero-order chi connectivity index (χ0) is 17.8. The Labute approximate surface area is 143 Å². The van der Waals surface area contributed by atoms with Crippen LogP contribution in [0.4, 0.5) is 11.4 Å². The SMILES string of the molecule is COC(=O)c1[nH]n(-c2ccccc2)c(=O)c1N=Nc1ccc(C)cc1. The third-order valence-electron chi connectivity index (χ3n) is 3.57. The molecule has 1 heterocycles. The molecule has 25 heavy (non-hydrogen) atoms. The summed E-state index contributed by atoms with van der Waals surface area (Å²) in [5.74, 6) is -0.690. The fraction of sp³-hybridized carbons (Fsp3) is 0.111. The second-order valence-corrected chi connectivity index (χ2v) is 5.34. The molecule has 2 aromatic carbocycles. The lowest BCUT2D eigenvalue weighted by Crippen LogP contribution is -2.13. The minimum absolute atomic E-state index is 0.0489. The van der Waals surface area contributed by atoms with Crippen molar-refractivity contribution in [3.8, 4) is 5.69 Å². The van der Waals surface area contributed by atoms with Gasteiger partial charge < -0.3 is 4.74 Å². The molecule has 0 unspecified atom stereocenters. The molecular formula is C18H16N4O3. The zero-order valence-corrected chi connectivity index (χ0v) is 13.8. The van der Waals surface area contributed by atoms with Crippen molar-refractivity contribution in [1.29, 1.82) is 0 Å². The molecule has 7 heteroatoms. The summed E-state index contributed by atoms with van der Waals surface area (Å²) in [6.45, 7) is 1.96. The summed E-state index contributed by atoms with van der Waals surface area (Å²) in [6.07, 6.45) is 0. The number of H-pyrrole nitrogens is 1. The van der Waals surface area contributed by atoms with Gasteiger partial charge in [0, 0.05) is 0 Å². The molecule has 0 atom stereocenters. The number of aromatic nitrogens is 2. The molecule has 0 spiro atoms. The number of hydrogen-bond acceptors (Lipinski definition) is 5. The molecule has 0 bridgehead atoms. The molecule has 0 aliphatic heterocycles. The summed E-state index contributed by atoms with van der Waals surface area (Å²) < 4.78 is 5.96. The van der Waals surface area contributed by atoms with Crippen LogP contribution >= 0.6 is 0 Å². The van der Waals surface area contributed by atoms with E-state index < -0.39 is 11.5 Å². The van der Waals surface area contributed by atoms with Crippen LogP contribution < -0.4 is 5.56 Å². The number of aryl methyl sites for hydroxylation is 1. The van der Waals surface area contributed by atoms with Gasteiger partial charge in [0.05, 0.1) is 18.5 Å². The van der Waals surface area contributed by atoms with E-state index in [9.17, 15) is 9.59 Å². The zero-order valence-electron chi connectivity index (χ0n) is 13.8. The van der Waals surface area contributed by atoms with E-state index in [2.05, 4.69) is 15.3 Å². The maximum Gasteiger partial charge on any atom is 0.358 e. The van der Waals surface area contributed by atoms with E-state index >= 15 is 0 Å². The van der Waals surface area contributed by atoms with Gasteiger partial charge in [0.15, 0.2) is 11.4 Å². The van der Waals surface area contributed by atoms with Gasteiger partial charge in [-0.15, -0.1) is 5.11 Å². The third-order valence-corrected chi connectivity index (χ3v) is 3.57. The summed E-state index contributed by atoms with van der Waals surface area (Å²) in [4.78, 5) is 24.6. The Morgan fingerprint density at radius 3 is 2.36 bits per heavy atom. The fourth-order valence-electron chi connectivity index (χ4n) is 2.24. The molecule has 1 aromatic heterocycles. The van der Waals surface area contributed by atoms with Crippen LogP contribution in [0.25, 0.3) is 5.69 Å². The molecule has 126 valence electrons. The molecule has 0 fully saturated rings. The Hall–Kier alpha value is -3.48. The van der Waals surface area contributed by atoms with Crippen LogP contribution in [-0.2, 0) is 4.74 Å². The van der Waals surface area contributed by atoms with E-state index in [0.29, 0.717) is 11.4 Å². The van der Waals surface area contributed by atoms with Crippen molar-refractivity contribution in [2.75, 3.05) is 7.11 Å². The summed E-state index contributed by atoms with van der Waals surface area (Å²) in [5, 5.41) is 10.8. The highest BCUT2D eigenvalue weighted by Gasteiger charge is 2.21. The highest BCUT2D eigenvalue weighted by Crippen LogP contribution is 2.20. The predicted molar refractivity (Wildman–Crippen MR) is 93.1 cm³/mol. The minimum Gasteiger partial charge on any atom is -0.464 e. The number of azo groups is 1. The smallest absolute Gasteiger partial charge is 0.358 e. The Kier molecular flexibility index (Phi) is 4.56. The van der Waals surface area contributed by atoms with Gasteiger partial charge in [0.1, 0.15) is 0 Å². The highest BCUT2D eigenvalue weighted by atomic mass is 16.5. The lowest BCUT2D eigenvalue weighted by atomic mass is 10.2. The van der Waals surface area contributed by atoms with E-state index in [1.54, 1.807) is 36.4 Å². The number of nitrogens with zero attached hydrogens (tertiary/aromatic N) is 3. The number of esters is 1. The second kappa shape index (κ2) is 6.96. The number of rotatable bonds is 4. The van der Waals surface area contributed by atoms with Gasteiger partial charge in [-0.2, -0.15) is 5.11 Å². The van der Waals surface area contributed by atoms with E-state index in [0.717, 1.165) is 5.56 Å². The molecule has 0 saturated carbocycles. The Bertz CT molecular complexity index is 970. The van der Waals surface area contributed by atoms with Gasteiger partial charge in [-0.05, 0) is 31.2 Å². The van der Waals surface area contributed by atoms with Gasteiger partial charge in [-0.3, -0.25) is 9.89 Å². The lowest BCUT2D eigenvalue weighted by Gasteiger charge is -2.00. The number of methoxy groups -OCH3 is 1. The number of ether oxygens (including phenoxy) is 1. The number of nitrogens with one attached hydrogen (secondary N) is 1. The molecule has 0 radical (unpaired) electrons.